The van der Waals surface area contributed by atoms with Crippen LogP contribution in [0.2, 0.25) is 0 Å². The van der Waals surface area contributed by atoms with Crippen molar-refractivity contribution < 1.29 is 28.2 Å². The van der Waals surface area contributed by atoms with E-state index in [-0.39, 0.29) is 25.7 Å². The van der Waals surface area contributed by atoms with Crippen LogP contribution in [0.5, 0.6) is 0 Å². The number of esters is 1. The van der Waals surface area contributed by atoms with Crippen molar-refractivity contribution in [3.05, 3.63) is 0 Å². The van der Waals surface area contributed by atoms with E-state index in [1.807, 2.05) is 0 Å². The van der Waals surface area contributed by atoms with Gasteiger partial charge in [-0.2, -0.15) is 17.4 Å². The van der Waals surface area contributed by atoms with E-state index in [9.17, 15) is 18.3 Å². The van der Waals surface area contributed by atoms with Crippen LogP contribution in [0.25, 0.3) is 0 Å². The zero-order chi connectivity index (χ0) is 16.1. The minimum Gasteiger partial charge on any atom is -0.466 e. The quantitative estimate of drug-likeness (QED) is 0.509. The van der Waals surface area contributed by atoms with E-state index >= 15 is 0 Å². The summed E-state index contributed by atoms with van der Waals surface area (Å²) >= 11 is 0. The van der Waals surface area contributed by atoms with E-state index in [1.165, 1.54) is 11.2 Å². The predicted octanol–water partition coefficient (Wildman–Crippen LogP) is -1.16. The van der Waals surface area contributed by atoms with Gasteiger partial charge in [-0.1, -0.05) is 0 Å². The molecule has 1 aliphatic rings. The lowest BCUT2D eigenvalue weighted by atomic mass is 10.0. The molecule has 8 nitrogen and oxygen atoms in total. The third kappa shape index (κ3) is 5.51. The lowest BCUT2D eigenvalue weighted by Gasteiger charge is -2.31. The molecule has 0 bridgehead atoms. The van der Waals surface area contributed by atoms with E-state index in [0.29, 0.717) is 19.4 Å². The highest BCUT2D eigenvalue weighted by Crippen LogP contribution is 2.20. The third-order valence-electron chi connectivity index (χ3n) is 3.32. The van der Waals surface area contributed by atoms with Crippen LogP contribution in [0, 0.1) is 5.92 Å². The normalized spacial score (nSPS) is 23.5. The van der Waals surface area contributed by atoms with Crippen LogP contribution >= 0.6 is 0 Å². The predicted molar refractivity (Wildman–Crippen MR) is 75.6 cm³/mol. The van der Waals surface area contributed by atoms with Crippen LogP contribution in [-0.2, 0) is 19.7 Å². The lowest BCUT2D eigenvalue weighted by molar-refractivity contribution is -0.149. The fraction of sp³-hybridized carbons (Fsp3) is 0.917. The van der Waals surface area contributed by atoms with E-state index in [4.69, 9.17) is 9.84 Å². The molecule has 1 fully saturated rings. The number of nitrogens with one attached hydrogen (secondary N) is 1. The number of rotatable bonds is 7. The number of piperidine rings is 1. The van der Waals surface area contributed by atoms with Gasteiger partial charge < -0.3 is 14.9 Å². The van der Waals surface area contributed by atoms with Crippen molar-refractivity contribution in [1.82, 2.24) is 9.03 Å². The zero-order valence-electron chi connectivity index (χ0n) is 12.4. The van der Waals surface area contributed by atoms with Gasteiger partial charge in [-0.25, -0.2) is 0 Å². The Balaban J connectivity index is 2.64. The Morgan fingerprint density at radius 3 is 2.76 bits per heavy atom. The van der Waals surface area contributed by atoms with Crippen LogP contribution in [-0.4, -0.2) is 67.4 Å². The summed E-state index contributed by atoms with van der Waals surface area (Å²) in [5, 5.41) is 18.5. The van der Waals surface area contributed by atoms with Crippen molar-refractivity contribution in [3.8, 4) is 0 Å². The maximum atomic E-state index is 12.1. The van der Waals surface area contributed by atoms with Crippen LogP contribution in [0.3, 0.4) is 0 Å². The first-order valence-corrected chi connectivity index (χ1v) is 8.40. The molecule has 0 aromatic rings. The summed E-state index contributed by atoms with van der Waals surface area (Å²) in [5.41, 5.74) is -1.52. The standard InChI is InChI=1S/C12H24N2O6S/c1-3-20-11(16)10-5-4-6-14(7-10)21(18,19)13-8-12(2,17)9-15/h10,13,15,17H,3-9H2,1-2H3. The summed E-state index contributed by atoms with van der Waals surface area (Å²) in [6.07, 6.45) is 1.17. The number of ether oxygens (including phenoxy) is 1. The maximum Gasteiger partial charge on any atom is 0.310 e. The van der Waals surface area contributed by atoms with Crippen molar-refractivity contribution in [1.29, 1.82) is 0 Å². The van der Waals surface area contributed by atoms with Crippen LogP contribution < -0.4 is 4.72 Å². The molecule has 1 heterocycles. The monoisotopic (exact) mass is 324 g/mol. The number of nitrogens with zero attached hydrogens (tertiary/aromatic N) is 1. The fourth-order valence-corrected chi connectivity index (χ4v) is 3.43. The van der Waals surface area contributed by atoms with E-state index in [2.05, 4.69) is 4.72 Å². The molecule has 0 spiro atoms. The average Bonchev–Trinajstić information content (AvgIpc) is 2.46. The molecular weight excluding hydrogens is 300 g/mol. The zero-order valence-corrected chi connectivity index (χ0v) is 13.2. The van der Waals surface area contributed by atoms with Gasteiger partial charge in [-0.15, -0.1) is 0 Å². The number of aliphatic hydroxyl groups excluding tert-OH is 1. The Labute approximate surface area is 125 Å². The van der Waals surface area contributed by atoms with Gasteiger partial charge in [-0.3, -0.25) is 4.79 Å². The van der Waals surface area contributed by atoms with Gasteiger partial charge in [0, 0.05) is 19.6 Å². The highest BCUT2D eigenvalue weighted by Gasteiger charge is 2.34. The number of hydrogen-bond acceptors (Lipinski definition) is 6. The van der Waals surface area contributed by atoms with Crippen molar-refractivity contribution >= 4 is 16.2 Å². The Kier molecular flexibility index (Phi) is 6.54. The highest BCUT2D eigenvalue weighted by molar-refractivity contribution is 7.87. The molecule has 9 heteroatoms. The molecule has 0 aromatic carbocycles. The first kappa shape index (κ1) is 18.3. The Hall–Kier alpha value is -0.740. The molecule has 0 radical (unpaired) electrons. The summed E-state index contributed by atoms with van der Waals surface area (Å²) in [5.74, 6) is -0.853. The number of carbonyl (C=O) groups excluding carboxylic acids is 1. The summed E-state index contributed by atoms with van der Waals surface area (Å²) < 4.78 is 32.6. The van der Waals surface area contributed by atoms with Gasteiger partial charge in [0.15, 0.2) is 0 Å². The van der Waals surface area contributed by atoms with Crippen molar-refractivity contribution in [3.63, 3.8) is 0 Å². The van der Waals surface area contributed by atoms with E-state index < -0.39 is 28.3 Å². The first-order chi connectivity index (χ1) is 9.72. The molecule has 1 rings (SSSR count). The van der Waals surface area contributed by atoms with Gasteiger partial charge in [-0.05, 0) is 26.7 Å². The molecule has 124 valence electrons. The molecule has 0 aromatic heterocycles. The maximum absolute atomic E-state index is 12.1. The Morgan fingerprint density at radius 1 is 1.52 bits per heavy atom. The van der Waals surface area contributed by atoms with Crippen molar-refractivity contribution in [2.45, 2.75) is 32.3 Å². The molecule has 2 unspecified atom stereocenters. The largest absolute Gasteiger partial charge is 0.466 e. The molecule has 0 saturated carbocycles. The molecule has 0 amide bonds. The van der Waals surface area contributed by atoms with Gasteiger partial charge in [0.2, 0.25) is 0 Å². The number of aliphatic hydroxyl groups is 2. The van der Waals surface area contributed by atoms with Crippen molar-refractivity contribution in [2.75, 3.05) is 32.8 Å². The second-order valence-corrected chi connectivity index (χ2v) is 7.19. The van der Waals surface area contributed by atoms with E-state index in [1.54, 1.807) is 6.92 Å². The van der Waals surface area contributed by atoms with Crippen LogP contribution in [0.1, 0.15) is 26.7 Å². The van der Waals surface area contributed by atoms with Gasteiger partial charge in [0.05, 0.1) is 24.7 Å². The fourth-order valence-electron chi connectivity index (χ4n) is 2.01. The third-order valence-corrected chi connectivity index (χ3v) is 4.84. The van der Waals surface area contributed by atoms with Crippen molar-refractivity contribution in [2.24, 2.45) is 5.92 Å². The molecule has 1 saturated heterocycles. The second kappa shape index (κ2) is 7.50. The van der Waals surface area contributed by atoms with Gasteiger partial charge in [0.1, 0.15) is 0 Å². The SMILES string of the molecule is CCOC(=O)C1CCCN(S(=O)(=O)NCC(C)(O)CO)C1. The Bertz CT molecular complexity index is 451. The molecular formula is C12H24N2O6S. The molecule has 0 aliphatic carbocycles. The summed E-state index contributed by atoms with van der Waals surface area (Å²) in [7, 11) is -3.80. The van der Waals surface area contributed by atoms with Crippen LogP contribution in [0.15, 0.2) is 0 Å². The minimum absolute atomic E-state index is 0.0649. The lowest BCUT2D eigenvalue weighted by Crippen LogP contribution is -2.51. The number of hydrogen-bond donors (Lipinski definition) is 3. The summed E-state index contributed by atoms with van der Waals surface area (Å²) in [6, 6.07) is 0. The second-order valence-electron chi connectivity index (χ2n) is 5.43. The van der Waals surface area contributed by atoms with Gasteiger partial charge in [0.25, 0.3) is 10.2 Å². The van der Waals surface area contributed by atoms with E-state index in [0.717, 1.165) is 0 Å². The first-order valence-electron chi connectivity index (χ1n) is 6.96. The summed E-state index contributed by atoms with van der Waals surface area (Å²) in [4.78, 5) is 11.7. The molecule has 1 aliphatic heterocycles. The smallest absolute Gasteiger partial charge is 0.310 e. The minimum atomic E-state index is -3.80. The van der Waals surface area contributed by atoms with Crippen LogP contribution in [0.4, 0.5) is 0 Å². The Morgan fingerprint density at radius 2 is 2.19 bits per heavy atom. The average molecular weight is 324 g/mol. The van der Waals surface area contributed by atoms with Gasteiger partial charge >= 0.3 is 5.97 Å². The molecule has 21 heavy (non-hydrogen) atoms. The molecule has 2 atom stereocenters. The highest BCUT2D eigenvalue weighted by atomic mass is 32.2. The number of carbonyl (C=O) groups is 1. The molecule has 3 N–H and O–H groups in total. The summed E-state index contributed by atoms with van der Waals surface area (Å²) in [6.45, 7) is 2.82. The topological polar surface area (TPSA) is 116 Å².